The number of esters is 2. The molecule has 1 aromatic carbocycles. The Bertz CT molecular complexity index is 743. The largest absolute Gasteiger partial charge is 0.484 e. The SMILES string of the molecule is COC(=O)C1NC(C(NC(=O)COc2ccccc2)(OC)C(=O)OC)SC1(C)C. The summed E-state index contributed by atoms with van der Waals surface area (Å²) in [5.74, 6) is -1.40. The van der Waals surface area contributed by atoms with Crippen molar-refractivity contribution in [2.24, 2.45) is 0 Å². The van der Waals surface area contributed by atoms with Gasteiger partial charge in [-0.15, -0.1) is 11.8 Å². The lowest BCUT2D eigenvalue weighted by atomic mass is 10.0. The predicted molar refractivity (Wildman–Crippen MR) is 106 cm³/mol. The van der Waals surface area contributed by atoms with Crippen LogP contribution in [0, 0.1) is 0 Å². The van der Waals surface area contributed by atoms with Gasteiger partial charge in [-0.05, 0) is 26.0 Å². The average molecular weight is 426 g/mol. The second kappa shape index (κ2) is 9.47. The van der Waals surface area contributed by atoms with Crippen molar-refractivity contribution < 1.29 is 33.3 Å². The number of ether oxygens (including phenoxy) is 4. The topological polar surface area (TPSA) is 112 Å². The molecule has 1 aromatic rings. The summed E-state index contributed by atoms with van der Waals surface area (Å²) in [6.45, 7) is 3.31. The van der Waals surface area contributed by atoms with E-state index in [1.54, 1.807) is 24.3 Å². The van der Waals surface area contributed by atoms with Gasteiger partial charge in [0.2, 0.25) is 0 Å². The lowest BCUT2D eigenvalue weighted by molar-refractivity contribution is -0.175. The third-order valence-corrected chi connectivity index (χ3v) is 6.04. The number of carbonyl (C=O) groups excluding carboxylic acids is 3. The van der Waals surface area contributed by atoms with E-state index in [-0.39, 0.29) is 6.61 Å². The number of rotatable bonds is 8. The molecule has 29 heavy (non-hydrogen) atoms. The van der Waals surface area contributed by atoms with Crippen molar-refractivity contribution in [2.75, 3.05) is 27.9 Å². The molecule has 0 aromatic heterocycles. The van der Waals surface area contributed by atoms with Crippen LogP contribution in [-0.4, -0.2) is 67.7 Å². The van der Waals surface area contributed by atoms with Crippen LogP contribution in [0.3, 0.4) is 0 Å². The Morgan fingerprint density at radius 3 is 2.34 bits per heavy atom. The summed E-state index contributed by atoms with van der Waals surface area (Å²) in [6.07, 6.45) is 0. The van der Waals surface area contributed by atoms with Crippen molar-refractivity contribution in [3.8, 4) is 5.75 Å². The number of nitrogens with one attached hydrogen (secondary N) is 2. The van der Waals surface area contributed by atoms with Gasteiger partial charge in [0.25, 0.3) is 11.6 Å². The highest BCUT2D eigenvalue weighted by molar-refractivity contribution is 8.01. The molecule has 2 N–H and O–H groups in total. The summed E-state index contributed by atoms with van der Waals surface area (Å²) < 4.78 is 20.0. The number of amides is 1. The van der Waals surface area contributed by atoms with E-state index < -0.39 is 39.7 Å². The van der Waals surface area contributed by atoms with E-state index in [4.69, 9.17) is 18.9 Å². The molecule has 0 saturated carbocycles. The molecular weight excluding hydrogens is 400 g/mol. The van der Waals surface area contributed by atoms with Gasteiger partial charge in [-0.3, -0.25) is 14.9 Å². The summed E-state index contributed by atoms with van der Waals surface area (Å²) in [6, 6.07) is 8.05. The molecule has 3 atom stereocenters. The lowest BCUT2D eigenvalue weighted by Gasteiger charge is -2.35. The van der Waals surface area contributed by atoms with Gasteiger partial charge in [0.15, 0.2) is 6.61 Å². The van der Waals surface area contributed by atoms with Crippen molar-refractivity contribution in [3.63, 3.8) is 0 Å². The molecule has 0 aliphatic carbocycles. The third kappa shape index (κ3) is 5.01. The van der Waals surface area contributed by atoms with Crippen LogP contribution >= 0.6 is 11.8 Å². The van der Waals surface area contributed by atoms with Crippen LogP contribution in [0.15, 0.2) is 30.3 Å². The Morgan fingerprint density at radius 1 is 1.14 bits per heavy atom. The number of methoxy groups -OCH3 is 3. The van der Waals surface area contributed by atoms with Gasteiger partial charge >= 0.3 is 11.9 Å². The third-order valence-electron chi connectivity index (χ3n) is 4.49. The zero-order valence-corrected chi connectivity index (χ0v) is 17.8. The molecule has 1 saturated heterocycles. The summed E-state index contributed by atoms with van der Waals surface area (Å²) in [7, 11) is 3.74. The standard InChI is InChI=1S/C19H26N2O7S/c1-18(2)14(15(23)25-3)20-16(29-18)19(27-5,17(24)26-4)21-13(22)11-28-12-9-7-6-8-10-12/h6-10,14,16,20H,11H2,1-5H3,(H,21,22). The van der Waals surface area contributed by atoms with E-state index in [2.05, 4.69) is 10.6 Å². The number of thioether (sulfide) groups is 1. The van der Waals surface area contributed by atoms with Crippen molar-refractivity contribution in [1.29, 1.82) is 0 Å². The van der Waals surface area contributed by atoms with Gasteiger partial charge in [0.05, 0.1) is 14.2 Å². The van der Waals surface area contributed by atoms with Gasteiger partial charge in [0.1, 0.15) is 17.2 Å². The predicted octanol–water partition coefficient (Wildman–Crippen LogP) is 0.680. The Morgan fingerprint density at radius 2 is 1.79 bits per heavy atom. The second-order valence-electron chi connectivity index (χ2n) is 6.81. The molecule has 1 aliphatic heterocycles. The van der Waals surface area contributed by atoms with Crippen LogP contribution in [0.5, 0.6) is 5.75 Å². The fraction of sp³-hybridized carbons (Fsp3) is 0.526. The molecule has 1 heterocycles. The average Bonchev–Trinajstić information content (AvgIpc) is 3.05. The first-order chi connectivity index (χ1) is 13.7. The van der Waals surface area contributed by atoms with Crippen molar-refractivity contribution in [1.82, 2.24) is 10.6 Å². The summed E-state index contributed by atoms with van der Waals surface area (Å²) >= 11 is 1.26. The normalized spacial score (nSPS) is 22.2. The number of hydrogen-bond donors (Lipinski definition) is 2. The van der Waals surface area contributed by atoms with Gasteiger partial charge in [-0.2, -0.15) is 0 Å². The first-order valence-electron chi connectivity index (χ1n) is 8.84. The molecule has 0 bridgehead atoms. The monoisotopic (exact) mass is 426 g/mol. The Hall–Kier alpha value is -2.30. The second-order valence-corrected chi connectivity index (χ2v) is 8.56. The maximum absolute atomic E-state index is 12.6. The molecule has 0 spiro atoms. The number of benzene rings is 1. The fourth-order valence-electron chi connectivity index (χ4n) is 2.95. The van der Waals surface area contributed by atoms with Crippen LogP contribution in [0.25, 0.3) is 0 Å². The van der Waals surface area contributed by atoms with Crippen LogP contribution in [0.2, 0.25) is 0 Å². The minimum atomic E-state index is -1.88. The molecular formula is C19H26N2O7S. The zero-order valence-electron chi connectivity index (χ0n) is 17.0. The number of hydrogen-bond acceptors (Lipinski definition) is 9. The molecule has 3 unspecified atom stereocenters. The lowest BCUT2D eigenvalue weighted by Crippen LogP contribution is -2.66. The smallest absolute Gasteiger partial charge is 0.362 e. The number of para-hydroxylation sites is 1. The Balaban J connectivity index is 2.21. The van der Waals surface area contributed by atoms with E-state index in [0.29, 0.717) is 5.75 Å². The van der Waals surface area contributed by atoms with E-state index >= 15 is 0 Å². The highest BCUT2D eigenvalue weighted by Gasteiger charge is 2.58. The Kier molecular flexibility index (Phi) is 7.50. The van der Waals surface area contributed by atoms with Crippen LogP contribution in [-0.2, 0) is 28.6 Å². The van der Waals surface area contributed by atoms with Gasteiger partial charge in [0, 0.05) is 11.9 Å². The molecule has 160 valence electrons. The first kappa shape index (κ1) is 23.0. The fourth-order valence-corrected chi connectivity index (χ4v) is 4.48. The highest BCUT2D eigenvalue weighted by atomic mass is 32.2. The molecule has 1 amide bonds. The molecule has 1 fully saturated rings. The maximum atomic E-state index is 12.6. The molecule has 0 radical (unpaired) electrons. The van der Waals surface area contributed by atoms with Crippen LogP contribution in [0.1, 0.15) is 13.8 Å². The number of carbonyl (C=O) groups is 3. The molecule has 9 nitrogen and oxygen atoms in total. The van der Waals surface area contributed by atoms with Crippen molar-refractivity contribution in [3.05, 3.63) is 30.3 Å². The Labute approximate surface area is 173 Å². The van der Waals surface area contributed by atoms with Gasteiger partial charge in [-0.25, -0.2) is 4.79 Å². The van der Waals surface area contributed by atoms with Crippen LogP contribution < -0.4 is 15.4 Å². The summed E-state index contributed by atoms with van der Waals surface area (Å²) in [4.78, 5) is 37.3. The van der Waals surface area contributed by atoms with Crippen molar-refractivity contribution in [2.45, 2.75) is 35.7 Å². The first-order valence-corrected chi connectivity index (χ1v) is 9.72. The minimum absolute atomic E-state index is 0.340. The van der Waals surface area contributed by atoms with Gasteiger partial charge < -0.3 is 24.3 Å². The minimum Gasteiger partial charge on any atom is -0.484 e. The van der Waals surface area contributed by atoms with E-state index in [1.165, 1.54) is 33.1 Å². The molecule has 1 aliphatic rings. The maximum Gasteiger partial charge on any atom is 0.362 e. The molecule has 10 heteroatoms. The van der Waals surface area contributed by atoms with Crippen LogP contribution in [0.4, 0.5) is 0 Å². The quantitative estimate of drug-likeness (QED) is 0.458. The summed E-state index contributed by atoms with van der Waals surface area (Å²) in [5, 5.41) is 4.77. The van der Waals surface area contributed by atoms with E-state index in [9.17, 15) is 14.4 Å². The van der Waals surface area contributed by atoms with E-state index in [1.807, 2.05) is 19.9 Å². The van der Waals surface area contributed by atoms with Crippen molar-refractivity contribution >= 4 is 29.6 Å². The summed E-state index contributed by atoms with van der Waals surface area (Å²) in [5.41, 5.74) is -1.88. The highest BCUT2D eigenvalue weighted by Crippen LogP contribution is 2.43. The molecule has 2 rings (SSSR count). The zero-order chi connectivity index (χ0) is 21.7. The van der Waals surface area contributed by atoms with E-state index in [0.717, 1.165) is 0 Å². The van der Waals surface area contributed by atoms with Gasteiger partial charge in [-0.1, -0.05) is 18.2 Å².